The molecule has 264 valence electrons. The summed E-state index contributed by atoms with van der Waals surface area (Å²) < 4.78 is 0. The molecule has 0 saturated carbocycles. The fourth-order valence-electron chi connectivity index (χ4n) is 9.37. The molecule has 0 bridgehead atoms. The van der Waals surface area contributed by atoms with Crippen LogP contribution >= 0.6 is 0 Å². The van der Waals surface area contributed by atoms with E-state index in [1.54, 1.807) is 0 Å². The van der Waals surface area contributed by atoms with Gasteiger partial charge in [0, 0.05) is 17.1 Å². The highest BCUT2D eigenvalue weighted by Crippen LogP contribution is 2.43. The summed E-state index contributed by atoms with van der Waals surface area (Å²) in [4.78, 5) is 2.40. The van der Waals surface area contributed by atoms with Gasteiger partial charge in [-0.1, -0.05) is 152 Å². The molecule has 0 aliphatic heterocycles. The predicted octanol–water partition coefficient (Wildman–Crippen LogP) is 16.0. The molecule has 0 radical (unpaired) electrons. The molecular weight excluding hydrogens is 687 g/mol. The van der Waals surface area contributed by atoms with Gasteiger partial charge in [-0.25, -0.2) is 0 Å². The summed E-state index contributed by atoms with van der Waals surface area (Å²) in [5.74, 6) is 0. The van der Waals surface area contributed by atoms with Gasteiger partial charge in [0.2, 0.25) is 0 Å². The lowest BCUT2D eigenvalue weighted by molar-refractivity contribution is 1.28. The average Bonchev–Trinajstić information content (AvgIpc) is 3.28. The Kier molecular flexibility index (Phi) is 7.00. The van der Waals surface area contributed by atoms with Crippen LogP contribution in [0.2, 0.25) is 0 Å². The molecular formula is C56H35N. The zero-order valence-corrected chi connectivity index (χ0v) is 31.2. The van der Waals surface area contributed by atoms with Crippen molar-refractivity contribution < 1.29 is 0 Å². The van der Waals surface area contributed by atoms with E-state index < -0.39 is 0 Å². The minimum atomic E-state index is 1.11. The monoisotopic (exact) mass is 721 g/mol. The molecule has 12 aromatic rings. The molecule has 0 aliphatic rings. The highest BCUT2D eigenvalue weighted by Gasteiger charge is 2.17. The number of anilines is 3. The third kappa shape index (κ3) is 5.17. The lowest BCUT2D eigenvalue weighted by Crippen LogP contribution is -2.10. The lowest BCUT2D eigenvalue weighted by atomic mass is 9.91. The molecule has 1 heteroatoms. The molecule has 0 aliphatic carbocycles. The number of hydrogen-bond donors (Lipinski definition) is 0. The van der Waals surface area contributed by atoms with Gasteiger partial charge in [-0.3, -0.25) is 0 Å². The minimum Gasteiger partial charge on any atom is -0.310 e. The van der Waals surface area contributed by atoms with E-state index in [1.165, 1.54) is 98.0 Å². The first kappa shape index (κ1) is 31.8. The Bertz CT molecular complexity index is 3130. The molecule has 57 heavy (non-hydrogen) atoms. The second-order valence-corrected chi connectivity index (χ2v) is 15.4. The van der Waals surface area contributed by atoms with Crippen LogP contribution in [0.25, 0.3) is 98.0 Å². The quantitative estimate of drug-likeness (QED) is 0.155. The second kappa shape index (κ2) is 12.5. The highest BCUT2D eigenvalue weighted by molar-refractivity contribution is 6.25. The number of rotatable bonds is 6. The van der Waals surface area contributed by atoms with Crippen molar-refractivity contribution in [1.82, 2.24) is 0 Å². The summed E-state index contributed by atoms with van der Waals surface area (Å²) in [5, 5.41) is 15.6. The molecule has 0 fully saturated rings. The Balaban J connectivity index is 1.00. The number of benzene rings is 12. The van der Waals surface area contributed by atoms with E-state index in [1.807, 2.05) is 0 Å². The van der Waals surface area contributed by atoms with E-state index in [2.05, 4.69) is 217 Å². The van der Waals surface area contributed by atoms with E-state index in [-0.39, 0.29) is 0 Å². The van der Waals surface area contributed by atoms with E-state index in [0.717, 1.165) is 17.1 Å². The first-order chi connectivity index (χ1) is 28.2. The van der Waals surface area contributed by atoms with Gasteiger partial charge in [-0.2, -0.15) is 0 Å². The highest BCUT2D eigenvalue weighted by atomic mass is 15.1. The Morgan fingerprint density at radius 1 is 0.193 bits per heavy atom. The van der Waals surface area contributed by atoms with Gasteiger partial charge in [-0.05, 0) is 159 Å². The van der Waals surface area contributed by atoms with Crippen LogP contribution in [0.1, 0.15) is 0 Å². The smallest absolute Gasteiger partial charge is 0.0467 e. The first-order valence-electron chi connectivity index (χ1n) is 19.7. The molecule has 0 atom stereocenters. The van der Waals surface area contributed by atoms with Gasteiger partial charge < -0.3 is 4.90 Å². The Morgan fingerprint density at radius 3 is 0.982 bits per heavy atom. The van der Waals surface area contributed by atoms with Crippen LogP contribution in [-0.4, -0.2) is 0 Å². The zero-order chi connectivity index (χ0) is 37.5. The summed E-state index contributed by atoms with van der Waals surface area (Å²) in [5.41, 5.74) is 10.5. The summed E-state index contributed by atoms with van der Waals surface area (Å²) in [6.45, 7) is 0. The molecule has 12 rings (SSSR count). The van der Waals surface area contributed by atoms with Crippen LogP contribution < -0.4 is 4.90 Å². The first-order valence-corrected chi connectivity index (χ1v) is 19.7. The third-order valence-corrected chi connectivity index (χ3v) is 12.0. The van der Waals surface area contributed by atoms with Crippen LogP contribution in [0.5, 0.6) is 0 Å². The van der Waals surface area contributed by atoms with Crippen molar-refractivity contribution in [2.45, 2.75) is 0 Å². The molecule has 0 N–H and O–H groups in total. The van der Waals surface area contributed by atoms with Gasteiger partial charge in [0.25, 0.3) is 0 Å². The maximum atomic E-state index is 2.40. The second-order valence-electron chi connectivity index (χ2n) is 15.4. The summed E-state index contributed by atoms with van der Waals surface area (Å²) in [6, 6.07) is 78.4. The van der Waals surface area contributed by atoms with Gasteiger partial charge >= 0.3 is 0 Å². The van der Waals surface area contributed by atoms with Crippen LogP contribution in [0, 0.1) is 0 Å². The van der Waals surface area contributed by atoms with Crippen LogP contribution in [0.15, 0.2) is 212 Å². The fourth-order valence-corrected chi connectivity index (χ4v) is 9.37. The van der Waals surface area contributed by atoms with Gasteiger partial charge in [0.1, 0.15) is 0 Å². The van der Waals surface area contributed by atoms with Crippen LogP contribution in [-0.2, 0) is 0 Å². The third-order valence-electron chi connectivity index (χ3n) is 12.0. The standard InChI is InChI=1S/C56H35N/c1-2-8-36(9-3-1)37-26-28-50(29-27-37)57(51-16-6-14-42(34-51)48-30-44-22-18-38-10-4-11-39-19-23-45(31-48)55(44)53(38)39)52-17-7-15-43(35-52)49-32-46-24-20-40-12-5-13-41-21-25-47(33-49)56(46)54(40)41/h1-35H. The van der Waals surface area contributed by atoms with Crippen molar-refractivity contribution in [2.75, 3.05) is 4.90 Å². The summed E-state index contributed by atoms with van der Waals surface area (Å²) in [7, 11) is 0. The van der Waals surface area contributed by atoms with Crippen LogP contribution in [0.3, 0.4) is 0 Å². The normalized spacial score (nSPS) is 11.9. The van der Waals surface area contributed by atoms with Crippen molar-refractivity contribution in [1.29, 1.82) is 0 Å². The SMILES string of the molecule is c1ccc(-c2ccc(N(c3cccc(-c4cc5ccc6cccc7ccc(c4)c5c67)c3)c3cccc(-c4cc5ccc6cccc7ccc(c4)c5c67)c3)cc2)cc1. The maximum absolute atomic E-state index is 2.40. The molecule has 0 spiro atoms. The number of nitrogens with zero attached hydrogens (tertiary/aromatic N) is 1. The minimum absolute atomic E-state index is 1.11. The Labute approximate surface area is 331 Å². The largest absolute Gasteiger partial charge is 0.310 e. The van der Waals surface area contributed by atoms with Gasteiger partial charge in [0.05, 0.1) is 0 Å². The molecule has 0 aromatic heterocycles. The topological polar surface area (TPSA) is 3.24 Å². The van der Waals surface area contributed by atoms with Crippen molar-refractivity contribution in [3.05, 3.63) is 212 Å². The zero-order valence-electron chi connectivity index (χ0n) is 31.2. The van der Waals surface area contributed by atoms with Crippen molar-refractivity contribution >= 4 is 81.7 Å². The molecule has 0 amide bonds. The van der Waals surface area contributed by atoms with Crippen molar-refractivity contribution in [2.24, 2.45) is 0 Å². The van der Waals surface area contributed by atoms with Gasteiger partial charge in [-0.15, -0.1) is 0 Å². The van der Waals surface area contributed by atoms with E-state index in [4.69, 9.17) is 0 Å². The van der Waals surface area contributed by atoms with E-state index in [0.29, 0.717) is 0 Å². The molecule has 1 nitrogen and oxygen atoms in total. The van der Waals surface area contributed by atoms with E-state index in [9.17, 15) is 0 Å². The molecule has 0 heterocycles. The van der Waals surface area contributed by atoms with Crippen LogP contribution in [0.4, 0.5) is 17.1 Å². The van der Waals surface area contributed by atoms with Gasteiger partial charge in [0.15, 0.2) is 0 Å². The molecule has 12 aromatic carbocycles. The van der Waals surface area contributed by atoms with Crippen molar-refractivity contribution in [3.63, 3.8) is 0 Å². The van der Waals surface area contributed by atoms with Crippen molar-refractivity contribution in [3.8, 4) is 33.4 Å². The molecule has 0 unspecified atom stereocenters. The fraction of sp³-hybridized carbons (Fsp3) is 0. The Hall–Kier alpha value is -7.48. The summed E-state index contributed by atoms with van der Waals surface area (Å²) >= 11 is 0. The average molecular weight is 722 g/mol. The summed E-state index contributed by atoms with van der Waals surface area (Å²) in [6.07, 6.45) is 0. The predicted molar refractivity (Wildman–Crippen MR) is 245 cm³/mol. The number of hydrogen-bond acceptors (Lipinski definition) is 1. The van der Waals surface area contributed by atoms with E-state index >= 15 is 0 Å². The molecule has 0 saturated heterocycles. The Morgan fingerprint density at radius 2 is 0.544 bits per heavy atom. The lowest BCUT2D eigenvalue weighted by Gasteiger charge is -2.27. The maximum Gasteiger partial charge on any atom is 0.0467 e.